The van der Waals surface area contributed by atoms with Gasteiger partial charge in [0.1, 0.15) is 0 Å². The molecule has 0 aliphatic heterocycles. The average molecular weight is 376 g/mol. The molecule has 144 valence electrons. The molecular formula is C23H24N2O3. The van der Waals surface area contributed by atoms with Crippen molar-refractivity contribution in [2.24, 2.45) is 0 Å². The van der Waals surface area contributed by atoms with Crippen LogP contribution in [0.5, 0.6) is 0 Å². The fourth-order valence-corrected chi connectivity index (χ4v) is 3.16. The van der Waals surface area contributed by atoms with Gasteiger partial charge in [-0.15, -0.1) is 0 Å². The highest BCUT2D eigenvalue weighted by Gasteiger charge is 2.15. The van der Waals surface area contributed by atoms with Crippen LogP contribution in [0.3, 0.4) is 0 Å². The van der Waals surface area contributed by atoms with E-state index < -0.39 is 5.97 Å². The molecule has 0 aliphatic rings. The quantitative estimate of drug-likeness (QED) is 0.603. The van der Waals surface area contributed by atoms with Gasteiger partial charge in [0.15, 0.2) is 0 Å². The normalized spacial score (nSPS) is 11.8. The van der Waals surface area contributed by atoms with Crippen LogP contribution >= 0.6 is 0 Å². The van der Waals surface area contributed by atoms with Gasteiger partial charge in [-0.25, -0.2) is 4.79 Å². The minimum absolute atomic E-state index is 0.00264. The number of benzene rings is 3. The van der Waals surface area contributed by atoms with Crippen molar-refractivity contribution in [1.29, 1.82) is 0 Å². The van der Waals surface area contributed by atoms with E-state index in [1.165, 1.54) is 5.39 Å². The van der Waals surface area contributed by atoms with Gasteiger partial charge in [-0.05, 0) is 42.3 Å². The van der Waals surface area contributed by atoms with Crippen LogP contribution in [0.25, 0.3) is 10.8 Å². The van der Waals surface area contributed by atoms with Gasteiger partial charge in [0.05, 0.1) is 24.4 Å². The van der Waals surface area contributed by atoms with Crippen LogP contribution in [0.4, 0.5) is 5.69 Å². The summed E-state index contributed by atoms with van der Waals surface area (Å²) in [6.07, 6.45) is 0. The van der Waals surface area contributed by atoms with Gasteiger partial charge >= 0.3 is 5.97 Å². The topological polar surface area (TPSA) is 67.4 Å². The second-order valence-electron chi connectivity index (χ2n) is 6.49. The zero-order valence-corrected chi connectivity index (χ0v) is 16.1. The third-order valence-corrected chi connectivity index (χ3v) is 4.56. The largest absolute Gasteiger partial charge is 0.462 e. The molecule has 0 saturated heterocycles. The van der Waals surface area contributed by atoms with Crippen LogP contribution in [-0.2, 0) is 9.53 Å². The number of ether oxygens (including phenoxy) is 1. The Hall–Kier alpha value is -3.18. The number of esters is 1. The molecule has 28 heavy (non-hydrogen) atoms. The van der Waals surface area contributed by atoms with Crippen LogP contribution in [0.15, 0.2) is 66.7 Å². The molecule has 0 aliphatic carbocycles. The summed E-state index contributed by atoms with van der Waals surface area (Å²) in [5.41, 5.74) is 1.93. The third kappa shape index (κ3) is 4.56. The zero-order chi connectivity index (χ0) is 19.9. The van der Waals surface area contributed by atoms with Crippen molar-refractivity contribution in [3.05, 3.63) is 77.9 Å². The van der Waals surface area contributed by atoms with Crippen LogP contribution in [0.2, 0.25) is 0 Å². The summed E-state index contributed by atoms with van der Waals surface area (Å²) in [5, 5.41) is 8.38. The Balaban J connectivity index is 1.65. The summed E-state index contributed by atoms with van der Waals surface area (Å²) in [4.78, 5) is 24.5. The number of carbonyl (C=O) groups excluding carboxylic acids is 2. The minimum atomic E-state index is -0.449. The van der Waals surface area contributed by atoms with E-state index in [0.717, 1.165) is 10.9 Å². The van der Waals surface area contributed by atoms with E-state index in [4.69, 9.17) is 4.74 Å². The van der Waals surface area contributed by atoms with Gasteiger partial charge in [-0.2, -0.15) is 0 Å². The minimum Gasteiger partial charge on any atom is -0.462 e. The summed E-state index contributed by atoms with van der Waals surface area (Å²) in [5.74, 6) is -0.667. The van der Waals surface area contributed by atoms with Crippen molar-refractivity contribution < 1.29 is 14.3 Å². The number of hydrogen-bond acceptors (Lipinski definition) is 4. The van der Waals surface area contributed by atoms with Crippen molar-refractivity contribution in [3.8, 4) is 0 Å². The van der Waals surface area contributed by atoms with E-state index in [-0.39, 0.29) is 25.1 Å². The van der Waals surface area contributed by atoms with E-state index in [0.29, 0.717) is 11.3 Å². The highest BCUT2D eigenvalue weighted by atomic mass is 16.5. The molecule has 1 amide bonds. The molecule has 0 aromatic heterocycles. The molecule has 0 bridgehead atoms. The van der Waals surface area contributed by atoms with Crippen molar-refractivity contribution in [2.45, 2.75) is 19.9 Å². The molecule has 0 unspecified atom stereocenters. The van der Waals surface area contributed by atoms with E-state index >= 15 is 0 Å². The Morgan fingerprint density at radius 3 is 2.50 bits per heavy atom. The van der Waals surface area contributed by atoms with Crippen molar-refractivity contribution in [3.63, 3.8) is 0 Å². The molecule has 0 saturated carbocycles. The predicted octanol–water partition coefficient (Wildman–Crippen LogP) is 4.31. The molecule has 3 aromatic rings. The van der Waals surface area contributed by atoms with Crippen LogP contribution in [0, 0.1) is 0 Å². The molecule has 0 spiro atoms. The fraction of sp³-hybridized carbons (Fsp3) is 0.217. The van der Waals surface area contributed by atoms with Crippen LogP contribution in [-0.4, -0.2) is 25.0 Å². The Labute approximate surface area is 164 Å². The molecule has 0 radical (unpaired) electrons. The number of amides is 1. The van der Waals surface area contributed by atoms with Crippen LogP contribution in [0.1, 0.15) is 35.8 Å². The second kappa shape index (κ2) is 9.15. The number of fused-ring (bicyclic) bond motifs is 1. The number of anilines is 1. The molecule has 0 fully saturated rings. The van der Waals surface area contributed by atoms with Crippen LogP contribution < -0.4 is 10.6 Å². The van der Waals surface area contributed by atoms with Gasteiger partial charge in [0.25, 0.3) is 0 Å². The molecular weight excluding hydrogens is 352 g/mol. The maximum atomic E-state index is 12.4. The SMILES string of the molecule is CCOC(=O)c1ccccc1NC(=O)CN[C@@H](C)c1cccc2ccccc12. The predicted molar refractivity (Wildman–Crippen MR) is 111 cm³/mol. The van der Waals surface area contributed by atoms with Crippen molar-refractivity contribution in [2.75, 3.05) is 18.5 Å². The van der Waals surface area contributed by atoms with E-state index in [2.05, 4.69) is 34.9 Å². The number of rotatable bonds is 7. The van der Waals surface area contributed by atoms with E-state index in [9.17, 15) is 9.59 Å². The Bertz CT molecular complexity index is 979. The standard InChI is InChI=1S/C23H24N2O3/c1-3-28-23(27)20-12-6-7-14-21(20)25-22(26)15-24-16(2)18-13-8-10-17-9-4-5-11-19(17)18/h4-14,16,24H,3,15H2,1-2H3,(H,25,26)/t16-/m0/s1. The number of para-hydroxylation sites is 1. The highest BCUT2D eigenvalue weighted by molar-refractivity contribution is 6.01. The lowest BCUT2D eigenvalue weighted by Gasteiger charge is -2.17. The summed E-state index contributed by atoms with van der Waals surface area (Å²) in [6, 6.07) is 21.2. The second-order valence-corrected chi connectivity index (χ2v) is 6.49. The van der Waals surface area contributed by atoms with Gasteiger partial charge in [-0.3, -0.25) is 4.79 Å². The van der Waals surface area contributed by atoms with Gasteiger partial charge in [-0.1, -0.05) is 54.6 Å². The Morgan fingerprint density at radius 2 is 1.68 bits per heavy atom. The summed E-state index contributed by atoms with van der Waals surface area (Å²) in [7, 11) is 0. The zero-order valence-electron chi connectivity index (χ0n) is 16.1. The number of nitrogens with one attached hydrogen (secondary N) is 2. The summed E-state index contributed by atoms with van der Waals surface area (Å²) < 4.78 is 5.04. The molecule has 3 aromatic carbocycles. The van der Waals surface area contributed by atoms with Gasteiger partial charge in [0, 0.05) is 6.04 Å². The molecule has 3 rings (SSSR count). The summed E-state index contributed by atoms with van der Waals surface area (Å²) >= 11 is 0. The third-order valence-electron chi connectivity index (χ3n) is 4.56. The maximum absolute atomic E-state index is 12.4. The van der Waals surface area contributed by atoms with Gasteiger partial charge < -0.3 is 15.4 Å². The van der Waals surface area contributed by atoms with E-state index in [1.807, 2.05) is 25.1 Å². The van der Waals surface area contributed by atoms with Gasteiger partial charge in [0.2, 0.25) is 5.91 Å². The molecule has 2 N–H and O–H groups in total. The monoisotopic (exact) mass is 376 g/mol. The average Bonchev–Trinajstić information content (AvgIpc) is 2.72. The lowest BCUT2D eigenvalue weighted by molar-refractivity contribution is -0.115. The molecule has 5 heteroatoms. The Kier molecular flexibility index (Phi) is 6.40. The fourth-order valence-electron chi connectivity index (χ4n) is 3.16. The number of hydrogen-bond donors (Lipinski definition) is 2. The van der Waals surface area contributed by atoms with Crippen molar-refractivity contribution in [1.82, 2.24) is 5.32 Å². The molecule has 0 heterocycles. The highest BCUT2D eigenvalue weighted by Crippen LogP contribution is 2.24. The van der Waals surface area contributed by atoms with Crippen molar-refractivity contribution >= 4 is 28.3 Å². The molecule has 5 nitrogen and oxygen atoms in total. The first-order valence-corrected chi connectivity index (χ1v) is 9.37. The smallest absolute Gasteiger partial charge is 0.340 e. The summed E-state index contributed by atoms with van der Waals surface area (Å²) in [6.45, 7) is 4.19. The lowest BCUT2D eigenvalue weighted by Crippen LogP contribution is -2.30. The van der Waals surface area contributed by atoms with E-state index in [1.54, 1.807) is 31.2 Å². The Morgan fingerprint density at radius 1 is 0.964 bits per heavy atom. The molecule has 1 atom stereocenters. The maximum Gasteiger partial charge on any atom is 0.340 e. The lowest BCUT2D eigenvalue weighted by atomic mass is 10.00. The first-order chi connectivity index (χ1) is 13.6. The first kappa shape index (κ1) is 19.6. The number of carbonyl (C=O) groups is 2. The first-order valence-electron chi connectivity index (χ1n) is 9.37.